The van der Waals surface area contributed by atoms with Crippen molar-refractivity contribution >= 4 is 0 Å². The molecule has 0 aromatic heterocycles. The first-order valence-electron chi connectivity index (χ1n) is 5.31. The Hall–Kier alpha value is -0.340. The van der Waals surface area contributed by atoms with Crippen LogP contribution in [0, 0.1) is 0 Å². The Bertz CT molecular complexity index is 157. The maximum absolute atomic E-state index is 3.95. The third-order valence-corrected chi connectivity index (χ3v) is 2.50. The van der Waals surface area contributed by atoms with Gasteiger partial charge >= 0.3 is 0 Å². The smallest absolute Gasteiger partial charge is 0.0188 e. The van der Waals surface area contributed by atoms with Crippen LogP contribution in [0.25, 0.3) is 0 Å². The van der Waals surface area contributed by atoms with Crippen molar-refractivity contribution in [2.45, 2.75) is 20.3 Å². The topological polar surface area (TPSA) is 6.48 Å². The first-order chi connectivity index (χ1) is 6.22. The van der Waals surface area contributed by atoms with Gasteiger partial charge in [0.1, 0.15) is 0 Å². The minimum atomic E-state index is 1.08. The van der Waals surface area contributed by atoms with E-state index in [1.165, 1.54) is 44.7 Å². The quantitative estimate of drug-likeness (QED) is 0.609. The van der Waals surface area contributed by atoms with Crippen molar-refractivity contribution in [1.82, 2.24) is 9.80 Å². The first kappa shape index (κ1) is 10.7. The van der Waals surface area contributed by atoms with Gasteiger partial charge in [-0.1, -0.05) is 19.1 Å². The summed E-state index contributed by atoms with van der Waals surface area (Å²) in [5, 5.41) is 0. The highest BCUT2D eigenvalue weighted by Gasteiger charge is 2.15. The number of hydrogen-bond donors (Lipinski definition) is 0. The van der Waals surface area contributed by atoms with Crippen molar-refractivity contribution in [1.29, 1.82) is 0 Å². The van der Waals surface area contributed by atoms with E-state index in [0.717, 1.165) is 6.54 Å². The van der Waals surface area contributed by atoms with Crippen LogP contribution in [0.5, 0.6) is 0 Å². The molecule has 1 aliphatic heterocycles. The predicted octanol–water partition coefficient (Wildman–Crippen LogP) is 1.59. The van der Waals surface area contributed by atoms with Gasteiger partial charge in [-0.15, -0.1) is 0 Å². The molecule has 1 fully saturated rings. The molecule has 0 aromatic rings. The molecule has 0 N–H and O–H groups in total. The zero-order valence-corrected chi connectivity index (χ0v) is 9.05. The molecule has 0 atom stereocenters. The van der Waals surface area contributed by atoms with Crippen molar-refractivity contribution < 1.29 is 0 Å². The van der Waals surface area contributed by atoms with Crippen molar-refractivity contribution in [3.63, 3.8) is 0 Å². The summed E-state index contributed by atoms with van der Waals surface area (Å²) in [5.74, 6) is 0. The number of hydrogen-bond acceptors (Lipinski definition) is 2. The maximum Gasteiger partial charge on any atom is 0.0188 e. The van der Waals surface area contributed by atoms with Gasteiger partial charge < -0.3 is 4.90 Å². The molecule has 0 aliphatic carbocycles. The van der Waals surface area contributed by atoms with Crippen LogP contribution in [-0.2, 0) is 0 Å². The summed E-state index contributed by atoms with van der Waals surface area (Å²) in [6.07, 6.45) is 1.28. The van der Waals surface area contributed by atoms with Gasteiger partial charge in [-0.2, -0.15) is 0 Å². The van der Waals surface area contributed by atoms with E-state index < -0.39 is 0 Å². The summed E-state index contributed by atoms with van der Waals surface area (Å²) in [5.41, 5.74) is 1.28. The van der Waals surface area contributed by atoms with Crippen LogP contribution < -0.4 is 0 Å². The molecular formula is C11H22N2. The lowest BCUT2D eigenvalue weighted by atomic mass is 10.2. The van der Waals surface area contributed by atoms with Crippen LogP contribution in [0.3, 0.4) is 0 Å². The standard InChI is InChI=1S/C11H22N2/c1-4-5-12-6-8-13(9-7-12)10-11(2)3/h2,4-10H2,1,3H3. The SMILES string of the molecule is C=C(C)CN1CCN(CCC)CC1. The Labute approximate surface area is 82.2 Å². The lowest BCUT2D eigenvalue weighted by Crippen LogP contribution is -2.46. The molecule has 1 heterocycles. The summed E-state index contributed by atoms with van der Waals surface area (Å²) in [7, 11) is 0. The molecule has 0 aromatic carbocycles. The lowest BCUT2D eigenvalue weighted by Gasteiger charge is -2.34. The Morgan fingerprint density at radius 3 is 2.15 bits per heavy atom. The molecule has 0 spiro atoms. The van der Waals surface area contributed by atoms with E-state index in [1.54, 1.807) is 0 Å². The molecule has 13 heavy (non-hydrogen) atoms. The van der Waals surface area contributed by atoms with E-state index in [1.807, 2.05) is 0 Å². The summed E-state index contributed by atoms with van der Waals surface area (Å²) in [4.78, 5) is 5.05. The molecule has 1 aliphatic rings. The van der Waals surface area contributed by atoms with Gasteiger partial charge in [0.05, 0.1) is 0 Å². The summed E-state index contributed by atoms with van der Waals surface area (Å²) in [6.45, 7) is 15.6. The largest absolute Gasteiger partial charge is 0.301 e. The second-order valence-electron chi connectivity index (χ2n) is 4.07. The molecule has 2 heteroatoms. The van der Waals surface area contributed by atoms with Crippen molar-refractivity contribution in [3.8, 4) is 0 Å². The van der Waals surface area contributed by atoms with Crippen LogP contribution >= 0.6 is 0 Å². The van der Waals surface area contributed by atoms with E-state index in [0.29, 0.717) is 0 Å². The average Bonchev–Trinajstić information content (AvgIpc) is 2.08. The maximum atomic E-state index is 3.95. The second-order valence-corrected chi connectivity index (χ2v) is 4.07. The molecule has 0 bridgehead atoms. The molecule has 0 unspecified atom stereocenters. The Kier molecular flexibility index (Phi) is 4.46. The number of rotatable bonds is 4. The predicted molar refractivity (Wildman–Crippen MR) is 58.0 cm³/mol. The molecule has 1 rings (SSSR count). The van der Waals surface area contributed by atoms with Crippen LogP contribution in [-0.4, -0.2) is 49.1 Å². The Morgan fingerprint density at radius 1 is 1.15 bits per heavy atom. The number of nitrogens with zero attached hydrogens (tertiary/aromatic N) is 2. The highest BCUT2D eigenvalue weighted by Crippen LogP contribution is 2.04. The number of piperazine rings is 1. The fourth-order valence-electron chi connectivity index (χ4n) is 1.87. The minimum Gasteiger partial charge on any atom is -0.301 e. The molecule has 0 radical (unpaired) electrons. The first-order valence-corrected chi connectivity index (χ1v) is 5.31. The highest BCUT2D eigenvalue weighted by atomic mass is 15.3. The monoisotopic (exact) mass is 182 g/mol. The molecule has 0 saturated carbocycles. The van der Waals surface area contributed by atoms with Crippen molar-refractivity contribution in [2.24, 2.45) is 0 Å². The molecule has 1 saturated heterocycles. The lowest BCUT2D eigenvalue weighted by molar-refractivity contribution is 0.141. The van der Waals surface area contributed by atoms with Gasteiger partial charge in [0, 0.05) is 32.7 Å². The van der Waals surface area contributed by atoms with Gasteiger partial charge in [0.25, 0.3) is 0 Å². The van der Waals surface area contributed by atoms with Gasteiger partial charge in [-0.25, -0.2) is 0 Å². The van der Waals surface area contributed by atoms with Crippen LogP contribution in [0.15, 0.2) is 12.2 Å². The molecule has 0 amide bonds. The van der Waals surface area contributed by atoms with E-state index in [9.17, 15) is 0 Å². The zero-order chi connectivity index (χ0) is 9.68. The van der Waals surface area contributed by atoms with Crippen LogP contribution in [0.1, 0.15) is 20.3 Å². The Morgan fingerprint density at radius 2 is 1.69 bits per heavy atom. The molecule has 76 valence electrons. The fraction of sp³-hybridized carbons (Fsp3) is 0.818. The van der Waals surface area contributed by atoms with Gasteiger partial charge in [0.15, 0.2) is 0 Å². The van der Waals surface area contributed by atoms with Crippen molar-refractivity contribution in [2.75, 3.05) is 39.3 Å². The highest BCUT2D eigenvalue weighted by molar-refractivity contribution is 4.92. The van der Waals surface area contributed by atoms with Crippen LogP contribution in [0.2, 0.25) is 0 Å². The van der Waals surface area contributed by atoms with E-state index in [4.69, 9.17) is 0 Å². The average molecular weight is 182 g/mol. The zero-order valence-electron chi connectivity index (χ0n) is 9.05. The molecule has 2 nitrogen and oxygen atoms in total. The van der Waals surface area contributed by atoms with Crippen LogP contribution in [0.4, 0.5) is 0 Å². The van der Waals surface area contributed by atoms with Crippen molar-refractivity contribution in [3.05, 3.63) is 12.2 Å². The fourth-order valence-corrected chi connectivity index (χ4v) is 1.87. The normalized spacial score (nSPS) is 20.5. The van der Waals surface area contributed by atoms with Gasteiger partial charge in [0.2, 0.25) is 0 Å². The van der Waals surface area contributed by atoms with E-state index in [-0.39, 0.29) is 0 Å². The third-order valence-electron chi connectivity index (χ3n) is 2.50. The summed E-state index contributed by atoms with van der Waals surface area (Å²) in [6, 6.07) is 0. The van der Waals surface area contributed by atoms with E-state index in [2.05, 4.69) is 30.2 Å². The Balaban J connectivity index is 2.18. The third kappa shape index (κ3) is 3.92. The minimum absolute atomic E-state index is 1.08. The summed E-state index contributed by atoms with van der Waals surface area (Å²) >= 11 is 0. The second kappa shape index (κ2) is 5.40. The summed E-state index contributed by atoms with van der Waals surface area (Å²) < 4.78 is 0. The van der Waals surface area contributed by atoms with Gasteiger partial charge in [-0.3, -0.25) is 4.90 Å². The van der Waals surface area contributed by atoms with E-state index >= 15 is 0 Å². The van der Waals surface area contributed by atoms with Gasteiger partial charge in [-0.05, 0) is 19.9 Å². The molecular weight excluding hydrogens is 160 g/mol.